The number of rotatable bonds is 7. The highest BCUT2D eigenvalue weighted by molar-refractivity contribution is 14.1. The van der Waals surface area contributed by atoms with Crippen molar-refractivity contribution in [3.8, 4) is 5.75 Å². The zero-order chi connectivity index (χ0) is 21.8. The Kier molecular flexibility index (Phi) is 8.30. The van der Waals surface area contributed by atoms with Crippen LogP contribution < -0.4 is 4.74 Å². The third-order valence-corrected chi connectivity index (χ3v) is 6.66. The van der Waals surface area contributed by atoms with E-state index in [0.29, 0.717) is 27.2 Å². The molecule has 11 heteroatoms. The highest BCUT2D eigenvalue weighted by Gasteiger charge is 2.16. The van der Waals surface area contributed by atoms with Crippen molar-refractivity contribution in [2.75, 3.05) is 0 Å². The van der Waals surface area contributed by atoms with Gasteiger partial charge in [0.2, 0.25) is 5.89 Å². The molecular weight excluding hydrogens is 677 g/mol. The van der Waals surface area contributed by atoms with Crippen LogP contribution in [0.2, 0.25) is 10.0 Å². The average Bonchev–Trinajstić information content (AvgIpc) is 3.06. The standard InChI is InChI=1S/C19H12Cl2I2N2O4S/c1-9-24-25-19(29-9)30-16(18(26)27)6-10-4-14(22)17(15(23)5-10)28-8-11-2-3-12(20)7-13(11)21/h2-7H,8H2,1H3,(H,26,27)/b16-6-. The maximum atomic E-state index is 11.6. The minimum Gasteiger partial charge on any atom is -0.487 e. The van der Waals surface area contributed by atoms with Crippen molar-refractivity contribution in [3.05, 3.63) is 69.4 Å². The minimum atomic E-state index is -1.08. The van der Waals surface area contributed by atoms with Crippen molar-refractivity contribution in [2.24, 2.45) is 0 Å². The molecule has 0 bridgehead atoms. The maximum Gasteiger partial charge on any atom is 0.342 e. The average molecular weight is 689 g/mol. The molecule has 0 saturated heterocycles. The molecule has 2 aromatic carbocycles. The predicted molar refractivity (Wildman–Crippen MR) is 133 cm³/mol. The van der Waals surface area contributed by atoms with Gasteiger partial charge in [-0.25, -0.2) is 4.79 Å². The molecule has 1 N–H and O–H groups in total. The molecule has 0 saturated carbocycles. The van der Waals surface area contributed by atoms with E-state index >= 15 is 0 Å². The molecule has 0 aliphatic carbocycles. The van der Waals surface area contributed by atoms with Crippen molar-refractivity contribution < 1.29 is 19.1 Å². The number of aromatic nitrogens is 2. The van der Waals surface area contributed by atoms with Gasteiger partial charge in [0.05, 0.1) is 7.14 Å². The Bertz CT molecular complexity index is 1110. The van der Waals surface area contributed by atoms with E-state index in [0.717, 1.165) is 24.5 Å². The Morgan fingerprint density at radius 2 is 1.93 bits per heavy atom. The molecular formula is C19H12Cl2I2N2O4S. The highest BCUT2D eigenvalue weighted by Crippen LogP contribution is 2.33. The number of halogens is 4. The van der Waals surface area contributed by atoms with Gasteiger partial charge in [-0.2, -0.15) is 0 Å². The second-order valence-corrected chi connectivity index (χ2v) is 10.0. The molecule has 1 heterocycles. The molecule has 0 amide bonds. The number of hydrogen-bond acceptors (Lipinski definition) is 6. The summed E-state index contributed by atoms with van der Waals surface area (Å²) in [4.78, 5) is 11.7. The van der Waals surface area contributed by atoms with E-state index in [1.807, 2.05) is 18.2 Å². The number of aliphatic carboxylic acids is 1. The summed E-state index contributed by atoms with van der Waals surface area (Å²) < 4.78 is 12.9. The number of carboxylic acid groups (broad SMARTS) is 1. The summed E-state index contributed by atoms with van der Waals surface area (Å²) in [6.07, 6.45) is 1.55. The third-order valence-electron chi connectivity index (χ3n) is 3.62. The predicted octanol–water partition coefficient (Wildman–Crippen LogP) is 6.69. The summed E-state index contributed by atoms with van der Waals surface area (Å²) in [5.74, 6) is -0.0244. The van der Waals surface area contributed by atoms with E-state index in [-0.39, 0.29) is 16.7 Å². The summed E-state index contributed by atoms with van der Waals surface area (Å²) in [5, 5.41) is 18.3. The van der Waals surface area contributed by atoms with Crippen LogP contribution in [0.1, 0.15) is 17.0 Å². The van der Waals surface area contributed by atoms with Gasteiger partial charge in [-0.3, -0.25) is 0 Å². The molecule has 0 unspecified atom stereocenters. The lowest BCUT2D eigenvalue weighted by Crippen LogP contribution is -2.01. The fraction of sp³-hybridized carbons (Fsp3) is 0.105. The van der Waals surface area contributed by atoms with Gasteiger partial charge in [0, 0.05) is 22.5 Å². The lowest BCUT2D eigenvalue weighted by molar-refractivity contribution is -0.131. The number of benzene rings is 2. The van der Waals surface area contributed by atoms with Gasteiger partial charge in [0.1, 0.15) is 17.3 Å². The number of ether oxygens (including phenoxy) is 1. The van der Waals surface area contributed by atoms with Crippen molar-refractivity contribution in [3.63, 3.8) is 0 Å². The molecule has 0 aliphatic heterocycles. The Hall–Kier alpha value is -1.02. The number of hydrogen-bond donors (Lipinski definition) is 1. The van der Waals surface area contributed by atoms with Gasteiger partial charge < -0.3 is 14.3 Å². The van der Waals surface area contributed by atoms with Crippen LogP contribution in [-0.2, 0) is 11.4 Å². The monoisotopic (exact) mass is 688 g/mol. The molecule has 156 valence electrons. The molecule has 30 heavy (non-hydrogen) atoms. The number of carboxylic acids is 1. The van der Waals surface area contributed by atoms with E-state index < -0.39 is 5.97 Å². The number of nitrogens with zero attached hydrogens (tertiary/aromatic N) is 2. The van der Waals surface area contributed by atoms with Crippen molar-refractivity contribution in [2.45, 2.75) is 18.8 Å². The van der Waals surface area contributed by atoms with Crippen LogP contribution in [0.5, 0.6) is 5.75 Å². The van der Waals surface area contributed by atoms with Crippen molar-refractivity contribution in [1.29, 1.82) is 0 Å². The smallest absolute Gasteiger partial charge is 0.342 e. The number of carbonyl (C=O) groups is 1. The summed E-state index contributed by atoms with van der Waals surface area (Å²) in [6.45, 7) is 1.92. The number of aryl methyl sites for hydroxylation is 1. The van der Waals surface area contributed by atoms with Gasteiger partial charge in [-0.1, -0.05) is 29.3 Å². The molecule has 0 fully saturated rings. The Morgan fingerprint density at radius 1 is 1.23 bits per heavy atom. The van der Waals surface area contributed by atoms with Gasteiger partial charge in [-0.15, -0.1) is 10.2 Å². The maximum absolute atomic E-state index is 11.6. The van der Waals surface area contributed by atoms with Crippen molar-refractivity contribution >= 4 is 92.2 Å². The minimum absolute atomic E-state index is 0.0619. The largest absolute Gasteiger partial charge is 0.487 e. The summed E-state index contributed by atoms with van der Waals surface area (Å²) >= 11 is 17.3. The van der Waals surface area contributed by atoms with Crippen LogP contribution in [0.25, 0.3) is 6.08 Å². The zero-order valence-electron chi connectivity index (χ0n) is 15.2. The molecule has 0 spiro atoms. The van der Waals surface area contributed by atoms with Crippen LogP contribution >= 0.6 is 80.1 Å². The van der Waals surface area contributed by atoms with E-state index in [1.54, 1.807) is 25.1 Å². The highest BCUT2D eigenvalue weighted by atomic mass is 127. The molecule has 0 radical (unpaired) electrons. The molecule has 3 aromatic rings. The SMILES string of the molecule is Cc1nnc(S/C(=C\c2cc(I)c(OCc3ccc(Cl)cc3Cl)c(I)c2)C(=O)O)o1. The fourth-order valence-corrected chi connectivity index (χ4v) is 5.59. The van der Waals surface area contributed by atoms with Crippen LogP contribution in [0.3, 0.4) is 0 Å². The first kappa shape index (κ1) is 23.6. The third kappa shape index (κ3) is 6.25. The quantitative estimate of drug-likeness (QED) is 0.168. The van der Waals surface area contributed by atoms with E-state index in [1.165, 1.54) is 0 Å². The first-order chi connectivity index (χ1) is 14.2. The second-order valence-electron chi connectivity index (χ2n) is 5.84. The van der Waals surface area contributed by atoms with Gasteiger partial charge >= 0.3 is 5.97 Å². The Morgan fingerprint density at radius 3 is 2.50 bits per heavy atom. The van der Waals surface area contributed by atoms with Crippen LogP contribution in [0.15, 0.2) is 44.9 Å². The van der Waals surface area contributed by atoms with E-state index in [2.05, 4.69) is 55.4 Å². The van der Waals surface area contributed by atoms with Gasteiger partial charge in [0.25, 0.3) is 5.22 Å². The Balaban J connectivity index is 1.81. The molecule has 1 aromatic heterocycles. The van der Waals surface area contributed by atoms with Gasteiger partial charge in [-0.05, 0) is 92.8 Å². The molecule has 0 atom stereocenters. The summed E-state index contributed by atoms with van der Waals surface area (Å²) in [7, 11) is 0. The lowest BCUT2D eigenvalue weighted by Gasteiger charge is -2.13. The van der Waals surface area contributed by atoms with Crippen molar-refractivity contribution in [1.82, 2.24) is 10.2 Å². The summed E-state index contributed by atoms with van der Waals surface area (Å²) in [6, 6.07) is 8.92. The zero-order valence-corrected chi connectivity index (χ0v) is 21.8. The van der Waals surface area contributed by atoms with E-state index in [4.69, 9.17) is 32.4 Å². The Labute approximate surface area is 213 Å². The molecule has 3 rings (SSSR count). The lowest BCUT2D eigenvalue weighted by atomic mass is 10.2. The van der Waals surface area contributed by atoms with Gasteiger partial charge in [0.15, 0.2) is 0 Å². The van der Waals surface area contributed by atoms with E-state index in [9.17, 15) is 9.90 Å². The first-order valence-electron chi connectivity index (χ1n) is 8.21. The molecule has 0 aliphatic rings. The van der Waals surface area contributed by atoms with Crippen LogP contribution in [-0.4, -0.2) is 21.3 Å². The van der Waals surface area contributed by atoms with Crippen LogP contribution in [0.4, 0.5) is 0 Å². The fourth-order valence-electron chi connectivity index (χ4n) is 2.29. The topological polar surface area (TPSA) is 85.5 Å². The number of thioether (sulfide) groups is 1. The normalized spacial score (nSPS) is 11.6. The first-order valence-corrected chi connectivity index (χ1v) is 11.9. The van der Waals surface area contributed by atoms with Crippen LogP contribution in [0, 0.1) is 14.1 Å². The second kappa shape index (κ2) is 10.5. The molecule has 6 nitrogen and oxygen atoms in total. The summed E-state index contributed by atoms with van der Waals surface area (Å²) in [5.41, 5.74) is 1.53.